The van der Waals surface area contributed by atoms with Crippen molar-refractivity contribution >= 4 is 50.2 Å². The van der Waals surface area contributed by atoms with Crippen molar-refractivity contribution in [3.05, 3.63) is 35.3 Å². The third-order valence-corrected chi connectivity index (χ3v) is 9.05. The molecule has 2 aromatic rings. The second-order valence-electron chi connectivity index (χ2n) is 10.5. The van der Waals surface area contributed by atoms with Gasteiger partial charge in [-0.25, -0.2) is 9.69 Å². The molecule has 1 aromatic heterocycles. The summed E-state index contributed by atoms with van der Waals surface area (Å²) in [7, 11) is 0. The van der Waals surface area contributed by atoms with Crippen LogP contribution in [-0.2, 0) is 11.2 Å². The molecule has 1 unspecified atom stereocenters. The van der Waals surface area contributed by atoms with E-state index in [9.17, 15) is 9.59 Å². The number of hydrogen-bond acceptors (Lipinski definition) is 6. The van der Waals surface area contributed by atoms with Crippen LogP contribution in [-0.4, -0.2) is 65.0 Å². The Morgan fingerprint density at radius 3 is 2.37 bits per heavy atom. The number of unbranched alkanes of at least 4 members (excludes halogenated alkanes) is 6. The Hall–Kier alpha value is -2.48. The molecule has 224 valence electrons. The smallest absolute Gasteiger partial charge is 0.395 e. The van der Waals surface area contributed by atoms with Crippen LogP contribution in [0, 0.1) is 12.3 Å². The number of amides is 3. The van der Waals surface area contributed by atoms with E-state index in [0.29, 0.717) is 31.2 Å². The van der Waals surface area contributed by atoms with Crippen LogP contribution in [0.25, 0.3) is 0 Å². The first-order valence-corrected chi connectivity index (χ1v) is 17.0. The van der Waals surface area contributed by atoms with Gasteiger partial charge in [-0.15, -0.1) is 16.6 Å². The molecule has 0 radical (unpaired) electrons. The number of alkyl halides is 1. The Kier molecular flexibility index (Phi) is 14.1. The summed E-state index contributed by atoms with van der Waals surface area (Å²) < 4.78 is 6.49. The lowest BCUT2D eigenvalue weighted by molar-refractivity contribution is 0.0465. The number of carbonyl (C=O) groups excluding carboxylic acids is 2. The lowest BCUT2D eigenvalue weighted by atomic mass is 10.1. The van der Waals surface area contributed by atoms with Gasteiger partial charge >= 0.3 is 12.1 Å². The molecule has 1 aliphatic heterocycles. The fourth-order valence-electron chi connectivity index (χ4n) is 5.21. The molecular formula is C31H45BrN5O3S+. The summed E-state index contributed by atoms with van der Waals surface area (Å²) in [6.07, 6.45) is 15.0. The van der Waals surface area contributed by atoms with E-state index in [0.717, 1.165) is 80.2 Å². The second kappa shape index (κ2) is 17.5. The van der Waals surface area contributed by atoms with Crippen LogP contribution in [0.1, 0.15) is 83.1 Å². The van der Waals surface area contributed by atoms with Gasteiger partial charge in [0, 0.05) is 24.7 Å². The molecule has 1 fully saturated rings. The standard InChI is InChI=1S/C31H45BrN5O3S/c1-4-7-9-14-24-37(25-15-10-8-5-2,26-17-12-11-13-18-26)31(39)40-28-20-23-35(22-6-3)30(38)36(28)29-34-33-27(41-29)19-16-21-32/h3,11-13,17-18,28H,4-5,7-10,14-16,19-25H2,1-2H3/q+1. The SMILES string of the molecule is C#CCN1CCC(OC(=O)[N+](CCCCCC)(CCCCCC)c2ccccc2)N(c2nnc(CCCBr)s2)C1=O. The number of nitrogens with zero attached hydrogens (tertiary/aromatic N) is 5. The van der Waals surface area contributed by atoms with Crippen molar-refractivity contribution in [3.63, 3.8) is 0 Å². The lowest BCUT2D eigenvalue weighted by Gasteiger charge is -2.40. The zero-order valence-corrected chi connectivity index (χ0v) is 27.0. The molecule has 41 heavy (non-hydrogen) atoms. The highest BCUT2D eigenvalue weighted by Crippen LogP contribution is 2.32. The molecule has 0 saturated carbocycles. The zero-order valence-electron chi connectivity index (χ0n) is 24.6. The summed E-state index contributed by atoms with van der Waals surface area (Å²) in [4.78, 5) is 31.1. The third-order valence-electron chi connectivity index (χ3n) is 7.50. The Labute approximate surface area is 258 Å². The van der Waals surface area contributed by atoms with Gasteiger partial charge in [0.05, 0.1) is 19.6 Å². The number of benzene rings is 1. The molecule has 1 atom stereocenters. The van der Waals surface area contributed by atoms with Crippen molar-refractivity contribution in [3.8, 4) is 12.3 Å². The van der Waals surface area contributed by atoms with Gasteiger partial charge in [0.1, 0.15) is 10.7 Å². The predicted octanol–water partition coefficient (Wildman–Crippen LogP) is 7.76. The lowest BCUT2D eigenvalue weighted by Crippen LogP contribution is -2.61. The van der Waals surface area contributed by atoms with Crippen molar-refractivity contribution in [1.29, 1.82) is 0 Å². The molecule has 1 saturated heterocycles. The molecule has 1 aliphatic rings. The van der Waals surface area contributed by atoms with E-state index in [1.165, 1.54) is 16.2 Å². The number of quaternary nitrogens is 1. The number of urea groups is 1. The molecule has 3 rings (SSSR count). The van der Waals surface area contributed by atoms with Gasteiger partial charge in [0.2, 0.25) is 5.13 Å². The van der Waals surface area contributed by atoms with Crippen LogP contribution in [0.5, 0.6) is 0 Å². The van der Waals surface area contributed by atoms with Gasteiger partial charge in [-0.2, -0.15) is 9.28 Å². The van der Waals surface area contributed by atoms with Gasteiger partial charge in [0.15, 0.2) is 6.23 Å². The van der Waals surface area contributed by atoms with Crippen molar-refractivity contribution in [1.82, 2.24) is 19.6 Å². The van der Waals surface area contributed by atoms with Crippen LogP contribution in [0.2, 0.25) is 0 Å². The molecule has 10 heteroatoms. The number of rotatable bonds is 17. The van der Waals surface area contributed by atoms with Gasteiger partial charge in [-0.3, -0.25) is 0 Å². The Balaban J connectivity index is 1.94. The minimum absolute atomic E-state index is 0.119. The van der Waals surface area contributed by atoms with Crippen molar-refractivity contribution in [2.75, 3.05) is 36.4 Å². The fraction of sp³-hybridized carbons (Fsp3) is 0.613. The highest BCUT2D eigenvalue weighted by atomic mass is 79.9. The molecule has 0 bridgehead atoms. The summed E-state index contributed by atoms with van der Waals surface area (Å²) >= 11 is 4.82. The van der Waals surface area contributed by atoms with E-state index >= 15 is 0 Å². The summed E-state index contributed by atoms with van der Waals surface area (Å²) in [6, 6.07) is 9.69. The van der Waals surface area contributed by atoms with Crippen molar-refractivity contribution < 1.29 is 14.3 Å². The molecule has 8 nitrogen and oxygen atoms in total. The Bertz CT molecular complexity index is 1110. The van der Waals surface area contributed by atoms with E-state index in [-0.39, 0.29) is 23.2 Å². The number of terminal acetylenes is 1. The number of hydrogen-bond donors (Lipinski definition) is 0. The first-order valence-electron chi connectivity index (χ1n) is 15.0. The molecule has 0 N–H and O–H groups in total. The van der Waals surface area contributed by atoms with Gasteiger partial charge in [-0.05, 0) is 44.2 Å². The summed E-state index contributed by atoms with van der Waals surface area (Å²) in [6.45, 7) is 6.29. The first kappa shape index (κ1) is 33.0. The molecule has 0 spiro atoms. The number of aromatic nitrogens is 2. The molecular weight excluding hydrogens is 602 g/mol. The Morgan fingerprint density at radius 1 is 1.07 bits per heavy atom. The topological polar surface area (TPSA) is 75.6 Å². The van der Waals surface area contributed by atoms with Crippen LogP contribution in [0.3, 0.4) is 0 Å². The number of anilines is 1. The van der Waals surface area contributed by atoms with Crippen LogP contribution in [0.4, 0.5) is 20.4 Å². The number of ether oxygens (including phenoxy) is 1. The van der Waals surface area contributed by atoms with Crippen LogP contribution < -0.4 is 9.38 Å². The highest BCUT2D eigenvalue weighted by Gasteiger charge is 2.45. The fourth-order valence-corrected chi connectivity index (χ4v) is 6.40. The minimum Gasteiger partial charge on any atom is -0.395 e. The molecule has 0 aliphatic carbocycles. The second-order valence-corrected chi connectivity index (χ2v) is 12.4. The van der Waals surface area contributed by atoms with E-state index < -0.39 is 6.23 Å². The maximum absolute atomic E-state index is 14.4. The maximum atomic E-state index is 14.4. The van der Waals surface area contributed by atoms with Crippen molar-refractivity contribution in [2.24, 2.45) is 0 Å². The summed E-state index contributed by atoms with van der Waals surface area (Å²) in [5.41, 5.74) is 0.932. The van der Waals surface area contributed by atoms with Crippen LogP contribution >= 0.6 is 27.3 Å². The number of carbonyl (C=O) groups is 2. The number of para-hydroxylation sites is 1. The van der Waals surface area contributed by atoms with Gasteiger partial charge < -0.3 is 9.64 Å². The number of halogens is 1. The number of aryl methyl sites for hydroxylation is 1. The minimum atomic E-state index is -0.784. The normalized spacial score (nSPS) is 15.7. The van der Waals surface area contributed by atoms with E-state index in [1.807, 2.05) is 30.3 Å². The Morgan fingerprint density at radius 2 is 1.76 bits per heavy atom. The van der Waals surface area contributed by atoms with E-state index in [4.69, 9.17) is 11.2 Å². The molecule has 1 aromatic carbocycles. The predicted molar refractivity (Wildman–Crippen MR) is 171 cm³/mol. The van der Waals surface area contributed by atoms with E-state index in [2.05, 4.69) is 45.9 Å². The zero-order chi connectivity index (χ0) is 29.5. The monoisotopic (exact) mass is 646 g/mol. The molecule has 3 amide bonds. The third kappa shape index (κ3) is 9.00. The summed E-state index contributed by atoms with van der Waals surface area (Å²) in [5, 5.41) is 10.8. The average Bonchev–Trinajstić information content (AvgIpc) is 3.45. The summed E-state index contributed by atoms with van der Waals surface area (Å²) in [5.74, 6) is 2.57. The first-order chi connectivity index (χ1) is 20.0. The van der Waals surface area contributed by atoms with Gasteiger partial charge in [-0.1, -0.05) is 90.9 Å². The quantitative estimate of drug-likeness (QED) is 0.0760. The van der Waals surface area contributed by atoms with Crippen molar-refractivity contribution in [2.45, 2.75) is 90.7 Å². The van der Waals surface area contributed by atoms with Gasteiger partial charge in [0.25, 0.3) is 0 Å². The van der Waals surface area contributed by atoms with E-state index in [1.54, 1.807) is 4.90 Å². The molecule has 2 heterocycles. The largest absolute Gasteiger partial charge is 0.523 e. The van der Waals surface area contributed by atoms with Crippen LogP contribution in [0.15, 0.2) is 30.3 Å². The average molecular weight is 648 g/mol. The maximum Gasteiger partial charge on any atom is 0.523 e. The highest BCUT2D eigenvalue weighted by molar-refractivity contribution is 9.09.